The van der Waals surface area contributed by atoms with Crippen LogP contribution in [0.15, 0.2) is 24.3 Å². The monoisotopic (exact) mass is 180 g/mol. The molecule has 1 atom stereocenters. The van der Waals surface area contributed by atoms with Gasteiger partial charge in [-0.2, -0.15) is 5.26 Å². The molecule has 0 saturated carbocycles. The molecule has 13 heavy (non-hydrogen) atoms. The fourth-order valence-electron chi connectivity index (χ4n) is 0.749. The van der Waals surface area contributed by atoms with Crippen molar-refractivity contribution in [2.75, 3.05) is 20.6 Å². The van der Waals surface area contributed by atoms with Crippen molar-refractivity contribution in [1.29, 1.82) is 5.26 Å². The summed E-state index contributed by atoms with van der Waals surface area (Å²) in [6.45, 7) is 5.65. The minimum Gasteiger partial charge on any atom is -0.381 e. The van der Waals surface area contributed by atoms with Gasteiger partial charge in [0.1, 0.15) is 5.60 Å². The van der Waals surface area contributed by atoms with Crippen LogP contribution in [0.5, 0.6) is 0 Å². The molecule has 0 aromatic heterocycles. The minimum absolute atomic E-state index is 0.330. The fraction of sp³-hybridized carbons (Fsp3) is 0.500. The van der Waals surface area contributed by atoms with Crippen molar-refractivity contribution in [2.24, 2.45) is 0 Å². The van der Waals surface area contributed by atoms with Crippen molar-refractivity contribution in [1.82, 2.24) is 4.90 Å². The molecular weight excluding hydrogens is 164 g/mol. The lowest BCUT2D eigenvalue weighted by molar-refractivity contribution is 0.155. The topological polar surface area (TPSA) is 47.3 Å². The van der Waals surface area contributed by atoms with Crippen LogP contribution in [0, 0.1) is 11.3 Å². The van der Waals surface area contributed by atoms with Crippen molar-refractivity contribution in [2.45, 2.75) is 12.5 Å². The van der Waals surface area contributed by atoms with Crippen molar-refractivity contribution in [3.05, 3.63) is 24.3 Å². The van der Waals surface area contributed by atoms with Gasteiger partial charge in [0.15, 0.2) is 0 Å². The molecule has 0 bridgehead atoms. The first kappa shape index (κ1) is 11.9. The van der Waals surface area contributed by atoms with Crippen LogP contribution >= 0.6 is 0 Å². The standard InChI is InChI=1S/C10H16N2O/c1-5-10(2,13)9(8-11)6-7-12(3)4/h5-6,13H,1,7H2,2-4H3/b9-6+. The Balaban J connectivity index is 4.62. The van der Waals surface area contributed by atoms with Crippen LogP contribution in [0.1, 0.15) is 6.92 Å². The Kier molecular flexibility index (Phi) is 4.39. The molecule has 0 aliphatic heterocycles. The zero-order chi connectivity index (χ0) is 10.5. The van der Waals surface area contributed by atoms with E-state index in [-0.39, 0.29) is 0 Å². The highest BCUT2D eigenvalue weighted by atomic mass is 16.3. The van der Waals surface area contributed by atoms with Gasteiger partial charge in [0.25, 0.3) is 0 Å². The van der Waals surface area contributed by atoms with Crippen LogP contribution in [-0.4, -0.2) is 36.2 Å². The van der Waals surface area contributed by atoms with E-state index in [0.717, 1.165) is 0 Å². The quantitative estimate of drug-likeness (QED) is 0.517. The highest BCUT2D eigenvalue weighted by Gasteiger charge is 2.20. The summed E-state index contributed by atoms with van der Waals surface area (Å²) in [5.74, 6) is 0. The average Bonchev–Trinajstić information content (AvgIpc) is 2.04. The van der Waals surface area contributed by atoms with Gasteiger partial charge in [-0.15, -0.1) is 0 Å². The number of hydrogen-bond acceptors (Lipinski definition) is 3. The maximum atomic E-state index is 9.67. The molecular formula is C10H16N2O. The maximum absolute atomic E-state index is 9.67. The predicted molar refractivity (Wildman–Crippen MR) is 53.1 cm³/mol. The van der Waals surface area contributed by atoms with Gasteiger partial charge < -0.3 is 10.0 Å². The molecule has 0 heterocycles. The van der Waals surface area contributed by atoms with Crippen LogP contribution in [0.2, 0.25) is 0 Å². The zero-order valence-electron chi connectivity index (χ0n) is 8.41. The highest BCUT2D eigenvalue weighted by molar-refractivity contribution is 5.34. The molecule has 3 heteroatoms. The van der Waals surface area contributed by atoms with Gasteiger partial charge in [0, 0.05) is 6.54 Å². The molecule has 1 unspecified atom stereocenters. The molecule has 0 amide bonds. The summed E-state index contributed by atoms with van der Waals surface area (Å²) in [5, 5.41) is 18.4. The van der Waals surface area contributed by atoms with Crippen molar-refractivity contribution >= 4 is 0 Å². The lowest BCUT2D eigenvalue weighted by Gasteiger charge is -2.17. The summed E-state index contributed by atoms with van der Waals surface area (Å²) < 4.78 is 0. The first-order chi connectivity index (χ1) is 5.94. The summed E-state index contributed by atoms with van der Waals surface area (Å²) in [5.41, 5.74) is -0.888. The number of nitrogens with zero attached hydrogens (tertiary/aromatic N) is 2. The van der Waals surface area contributed by atoms with E-state index in [4.69, 9.17) is 5.26 Å². The summed E-state index contributed by atoms with van der Waals surface area (Å²) in [6, 6.07) is 1.96. The fourth-order valence-corrected chi connectivity index (χ4v) is 0.749. The van der Waals surface area contributed by atoms with E-state index < -0.39 is 5.60 Å². The van der Waals surface area contributed by atoms with E-state index in [2.05, 4.69) is 6.58 Å². The molecule has 0 radical (unpaired) electrons. The van der Waals surface area contributed by atoms with Gasteiger partial charge in [0.05, 0.1) is 11.6 Å². The second kappa shape index (κ2) is 4.80. The number of likely N-dealkylation sites (N-methyl/N-ethyl adjacent to an activating group) is 1. The number of nitriles is 1. The molecule has 0 aliphatic rings. The second-order valence-electron chi connectivity index (χ2n) is 3.34. The summed E-state index contributed by atoms with van der Waals surface area (Å²) in [7, 11) is 3.79. The maximum Gasteiger partial charge on any atom is 0.114 e. The molecule has 0 aromatic carbocycles. The molecule has 0 saturated heterocycles. The lowest BCUT2D eigenvalue weighted by Crippen LogP contribution is -2.24. The van der Waals surface area contributed by atoms with E-state index in [1.807, 2.05) is 25.1 Å². The Labute approximate surface area is 79.6 Å². The number of rotatable bonds is 4. The predicted octanol–water partition coefficient (Wildman–Crippen LogP) is 0.935. The van der Waals surface area contributed by atoms with Crippen molar-refractivity contribution in [3.8, 4) is 6.07 Å². The second-order valence-corrected chi connectivity index (χ2v) is 3.34. The molecule has 0 fully saturated rings. The van der Waals surface area contributed by atoms with Crippen LogP contribution in [0.3, 0.4) is 0 Å². The van der Waals surface area contributed by atoms with Crippen LogP contribution in [0.25, 0.3) is 0 Å². The third kappa shape index (κ3) is 3.88. The zero-order valence-corrected chi connectivity index (χ0v) is 8.41. The van der Waals surface area contributed by atoms with Crippen molar-refractivity contribution < 1.29 is 5.11 Å². The van der Waals surface area contributed by atoms with Gasteiger partial charge in [-0.25, -0.2) is 0 Å². The summed E-state index contributed by atoms with van der Waals surface area (Å²) in [6.07, 6.45) is 3.05. The molecule has 0 aromatic rings. The van der Waals surface area contributed by atoms with E-state index in [9.17, 15) is 5.11 Å². The van der Waals surface area contributed by atoms with Gasteiger partial charge in [-0.05, 0) is 21.0 Å². The molecule has 0 spiro atoms. The Morgan fingerprint density at radius 2 is 2.23 bits per heavy atom. The van der Waals surface area contributed by atoms with Crippen molar-refractivity contribution in [3.63, 3.8) is 0 Å². The lowest BCUT2D eigenvalue weighted by atomic mass is 9.97. The van der Waals surface area contributed by atoms with Gasteiger partial charge >= 0.3 is 0 Å². The normalized spacial score (nSPS) is 16.5. The SMILES string of the molecule is C=CC(C)(O)/C(C#N)=C/CN(C)C. The Hall–Kier alpha value is -1.11. The minimum atomic E-state index is -1.22. The van der Waals surface area contributed by atoms with E-state index >= 15 is 0 Å². The Morgan fingerprint density at radius 3 is 2.54 bits per heavy atom. The highest BCUT2D eigenvalue weighted by Crippen LogP contribution is 2.16. The van der Waals surface area contributed by atoms with E-state index in [0.29, 0.717) is 12.1 Å². The van der Waals surface area contributed by atoms with Crippen LogP contribution < -0.4 is 0 Å². The third-order valence-electron chi connectivity index (χ3n) is 1.72. The summed E-state index contributed by atoms with van der Waals surface area (Å²) in [4.78, 5) is 1.91. The number of aliphatic hydroxyl groups is 1. The van der Waals surface area contributed by atoms with Crippen LogP contribution in [0.4, 0.5) is 0 Å². The molecule has 0 aliphatic carbocycles. The Bertz CT molecular complexity index is 246. The van der Waals surface area contributed by atoms with Gasteiger partial charge in [-0.1, -0.05) is 18.7 Å². The third-order valence-corrected chi connectivity index (χ3v) is 1.72. The molecule has 0 rings (SSSR count). The first-order valence-corrected chi connectivity index (χ1v) is 4.05. The van der Waals surface area contributed by atoms with Gasteiger partial charge in [0.2, 0.25) is 0 Å². The summed E-state index contributed by atoms with van der Waals surface area (Å²) >= 11 is 0. The smallest absolute Gasteiger partial charge is 0.114 e. The largest absolute Gasteiger partial charge is 0.381 e. The van der Waals surface area contributed by atoms with E-state index in [1.54, 1.807) is 13.0 Å². The number of hydrogen-bond donors (Lipinski definition) is 1. The molecule has 1 N–H and O–H groups in total. The van der Waals surface area contributed by atoms with Gasteiger partial charge in [-0.3, -0.25) is 0 Å². The Morgan fingerprint density at radius 1 is 1.69 bits per heavy atom. The molecule has 72 valence electrons. The average molecular weight is 180 g/mol. The first-order valence-electron chi connectivity index (χ1n) is 4.05. The van der Waals surface area contributed by atoms with E-state index in [1.165, 1.54) is 6.08 Å². The van der Waals surface area contributed by atoms with Crippen LogP contribution in [-0.2, 0) is 0 Å². The molecule has 3 nitrogen and oxygen atoms in total.